The van der Waals surface area contributed by atoms with E-state index in [1.807, 2.05) is 0 Å². The summed E-state index contributed by atoms with van der Waals surface area (Å²) in [5.41, 5.74) is 0.386. The third-order valence-corrected chi connectivity index (χ3v) is 8.00. The number of nitrogens with zero attached hydrogens (tertiary/aromatic N) is 7. The summed E-state index contributed by atoms with van der Waals surface area (Å²) in [7, 11) is 1.45. The Bertz CT molecular complexity index is 1450. The molecule has 1 saturated carbocycles. The lowest BCUT2D eigenvalue weighted by Crippen LogP contribution is -2.50. The smallest absolute Gasteiger partial charge is 0.421 e. The number of nitrogens with one attached hydrogen (secondary N) is 2. The van der Waals surface area contributed by atoms with E-state index in [-0.39, 0.29) is 48.8 Å². The number of halogens is 5. The summed E-state index contributed by atoms with van der Waals surface area (Å²) in [4.78, 5) is 36.7. The molecule has 2 aliphatic rings. The van der Waals surface area contributed by atoms with Crippen molar-refractivity contribution in [3.05, 3.63) is 42.5 Å². The molecule has 2 amide bonds. The lowest BCUT2D eigenvalue weighted by molar-refractivity contribution is -0.137. The van der Waals surface area contributed by atoms with E-state index >= 15 is 0 Å². The molecule has 248 valence electrons. The molecule has 0 radical (unpaired) electrons. The number of aliphatic hydroxyl groups is 1. The highest BCUT2D eigenvalue weighted by Gasteiger charge is 2.38. The maximum atomic E-state index is 13.8. The minimum atomic E-state index is -4.65. The number of pyridine rings is 1. The van der Waals surface area contributed by atoms with E-state index in [9.17, 15) is 31.9 Å². The van der Waals surface area contributed by atoms with Crippen molar-refractivity contribution in [1.82, 2.24) is 30.2 Å². The van der Waals surface area contributed by atoms with Gasteiger partial charge in [-0.25, -0.2) is 33.5 Å². The number of carbonyl (C=O) groups excluding carboxylic acids is 1. The number of urea groups is 1. The number of amides is 2. The van der Waals surface area contributed by atoms with Gasteiger partial charge in [0.05, 0.1) is 19.8 Å². The van der Waals surface area contributed by atoms with Gasteiger partial charge in [-0.3, -0.25) is 4.90 Å². The Morgan fingerprint density at radius 3 is 2.26 bits per heavy atom. The average Bonchev–Trinajstić information content (AvgIpc) is 3.05. The number of ether oxygens (including phenoxy) is 1. The fourth-order valence-corrected chi connectivity index (χ4v) is 5.60. The lowest BCUT2D eigenvalue weighted by atomic mass is 9.90. The van der Waals surface area contributed by atoms with Crippen LogP contribution in [0, 0.1) is 0 Å². The molecule has 12 nitrogen and oxygen atoms in total. The highest BCUT2D eigenvalue weighted by Crippen LogP contribution is 2.37. The molecule has 3 aromatic heterocycles. The molecule has 0 spiro atoms. The van der Waals surface area contributed by atoms with Gasteiger partial charge in [0.15, 0.2) is 0 Å². The van der Waals surface area contributed by atoms with Crippen LogP contribution in [0.5, 0.6) is 6.01 Å². The van der Waals surface area contributed by atoms with E-state index < -0.39 is 36.8 Å². The SMILES string of the molecule is COc1ncc(-c2ccc(N(C(=O)NCC(F)F)[C@H]3CC[C@H](Nc4ncc(C(F)(F)F)c(N5CCC(O)CC5)n4)CC3)nc2)cn1. The van der Waals surface area contributed by atoms with E-state index in [0.717, 1.165) is 6.20 Å². The highest BCUT2D eigenvalue weighted by molar-refractivity contribution is 5.91. The number of methoxy groups -OCH3 is 1. The number of hydrogen-bond donors (Lipinski definition) is 3. The van der Waals surface area contributed by atoms with Gasteiger partial charge >= 0.3 is 18.2 Å². The normalized spacial score (nSPS) is 19.2. The zero-order chi connectivity index (χ0) is 32.8. The van der Waals surface area contributed by atoms with E-state index in [1.165, 1.54) is 23.1 Å². The van der Waals surface area contributed by atoms with Gasteiger partial charge in [-0.05, 0) is 50.7 Å². The first kappa shape index (κ1) is 33.0. The van der Waals surface area contributed by atoms with Crippen molar-refractivity contribution in [1.29, 1.82) is 0 Å². The van der Waals surface area contributed by atoms with Crippen LogP contribution < -0.4 is 25.2 Å². The Morgan fingerprint density at radius 2 is 1.67 bits per heavy atom. The monoisotopic (exact) mass is 651 g/mol. The first-order chi connectivity index (χ1) is 22.0. The summed E-state index contributed by atoms with van der Waals surface area (Å²) in [5.74, 6) is 0.0794. The molecule has 3 N–H and O–H groups in total. The number of aromatic nitrogens is 5. The second kappa shape index (κ2) is 14.3. The van der Waals surface area contributed by atoms with Gasteiger partial charge < -0.3 is 25.4 Å². The Hall–Kier alpha value is -4.41. The van der Waals surface area contributed by atoms with E-state index in [1.54, 1.807) is 24.5 Å². The van der Waals surface area contributed by atoms with E-state index in [2.05, 4.69) is 35.6 Å². The lowest BCUT2D eigenvalue weighted by Gasteiger charge is -2.36. The summed E-state index contributed by atoms with van der Waals surface area (Å²) in [6, 6.07) is 2.22. The molecule has 46 heavy (non-hydrogen) atoms. The van der Waals surface area contributed by atoms with Crippen LogP contribution in [0.3, 0.4) is 0 Å². The van der Waals surface area contributed by atoms with Gasteiger partial charge in [-0.15, -0.1) is 0 Å². The Morgan fingerprint density at radius 1 is 1.00 bits per heavy atom. The number of carbonyl (C=O) groups is 1. The van der Waals surface area contributed by atoms with Crippen molar-refractivity contribution in [2.24, 2.45) is 0 Å². The molecule has 1 aliphatic carbocycles. The van der Waals surface area contributed by atoms with Gasteiger partial charge in [-0.1, -0.05) is 0 Å². The zero-order valence-corrected chi connectivity index (χ0v) is 24.9. The van der Waals surface area contributed by atoms with E-state index in [0.29, 0.717) is 49.7 Å². The van der Waals surface area contributed by atoms with Crippen LogP contribution in [0.2, 0.25) is 0 Å². The first-order valence-electron chi connectivity index (χ1n) is 14.8. The molecule has 0 aromatic carbocycles. The molecule has 1 aliphatic heterocycles. The summed E-state index contributed by atoms with van der Waals surface area (Å²) < 4.78 is 72.1. The fraction of sp³-hybridized carbons (Fsp3) is 0.517. The maximum absolute atomic E-state index is 13.8. The number of anilines is 3. The molecule has 4 heterocycles. The second-order valence-electron chi connectivity index (χ2n) is 11.1. The summed E-state index contributed by atoms with van der Waals surface area (Å²) in [6.07, 6.45) is 0.0484. The average molecular weight is 652 g/mol. The number of hydrogen-bond acceptors (Lipinski definition) is 10. The third kappa shape index (κ3) is 8.05. The predicted octanol–water partition coefficient (Wildman–Crippen LogP) is 4.52. The van der Waals surface area contributed by atoms with Crippen molar-refractivity contribution < 1.29 is 36.6 Å². The van der Waals surface area contributed by atoms with Gasteiger partial charge in [0.1, 0.15) is 17.2 Å². The van der Waals surface area contributed by atoms with Crippen molar-refractivity contribution in [2.75, 3.05) is 41.9 Å². The quantitative estimate of drug-likeness (QED) is 0.283. The molecule has 0 atom stereocenters. The molecule has 0 unspecified atom stereocenters. The van der Waals surface area contributed by atoms with Gasteiger partial charge in [0.25, 0.3) is 6.43 Å². The number of aliphatic hydroxyl groups excluding tert-OH is 1. The van der Waals surface area contributed by atoms with Crippen LogP contribution in [0.4, 0.5) is 44.3 Å². The summed E-state index contributed by atoms with van der Waals surface area (Å²) in [6.45, 7) is -0.354. The van der Waals surface area contributed by atoms with Gasteiger partial charge in [0.2, 0.25) is 5.95 Å². The molecule has 5 rings (SSSR count). The second-order valence-corrected chi connectivity index (χ2v) is 11.1. The third-order valence-electron chi connectivity index (χ3n) is 8.00. The minimum absolute atomic E-state index is 0.0453. The first-order valence-corrected chi connectivity index (χ1v) is 14.8. The number of piperidine rings is 1. The zero-order valence-electron chi connectivity index (χ0n) is 24.9. The van der Waals surface area contributed by atoms with E-state index in [4.69, 9.17) is 4.74 Å². The molecule has 1 saturated heterocycles. The Kier molecular flexibility index (Phi) is 10.3. The molecule has 17 heteroatoms. The highest BCUT2D eigenvalue weighted by atomic mass is 19.4. The van der Waals surface area contributed by atoms with Crippen LogP contribution in [-0.4, -0.2) is 87.4 Å². The topological polar surface area (TPSA) is 142 Å². The Balaban J connectivity index is 1.28. The van der Waals surface area contributed by atoms with Crippen molar-refractivity contribution in [3.63, 3.8) is 0 Å². The molecular formula is C29H34F5N9O3. The van der Waals surface area contributed by atoms with Crippen molar-refractivity contribution in [3.8, 4) is 17.1 Å². The predicted molar refractivity (Wildman–Crippen MR) is 158 cm³/mol. The molecule has 0 bridgehead atoms. The molecule has 3 aromatic rings. The van der Waals surface area contributed by atoms with Gasteiger partial charge in [0, 0.05) is 61.1 Å². The summed E-state index contributed by atoms with van der Waals surface area (Å²) >= 11 is 0. The minimum Gasteiger partial charge on any atom is -0.467 e. The van der Waals surface area contributed by atoms with Crippen molar-refractivity contribution >= 4 is 23.6 Å². The number of rotatable bonds is 9. The van der Waals surface area contributed by atoms with Crippen LogP contribution in [0.25, 0.3) is 11.1 Å². The van der Waals surface area contributed by atoms with Crippen LogP contribution in [0.15, 0.2) is 36.9 Å². The van der Waals surface area contributed by atoms with Gasteiger partial charge in [-0.2, -0.15) is 18.2 Å². The number of alkyl halides is 5. The standard InChI is InChI=1S/C29H34F5N9O3/c1-46-27-37-13-18(14-38-27)17-2-7-24(35-12-17)43(28(45)39-16-23(30)31)20-5-3-19(4-6-20)40-26-36-15-22(29(32,33)34)25(41-26)42-10-8-21(44)9-11-42/h2,7,12-15,19-21,23,44H,3-6,8-11,16H2,1H3,(H,39,45)(H,36,40,41)/t19-,20-. The maximum Gasteiger partial charge on any atom is 0.421 e. The Labute approximate surface area is 261 Å². The van der Waals surface area contributed by atoms with Crippen LogP contribution >= 0.6 is 0 Å². The van der Waals surface area contributed by atoms with Crippen LogP contribution in [-0.2, 0) is 6.18 Å². The molecule has 2 fully saturated rings. The summed E-state index contributed by atoms with van der Waals surface area (Å²) in [5, 5.41) is 15.2. The fourth-order valence-electron chi connectivity index (χ4n) is 5.60. The largest absolute Gasteiger partial charge is 0.467 e. The molecular weight excluding hydrogens is 617 g/mol. The van der Waals surface area contributed by atoms with Crippen LogP contribution in [0.1, 0.15) is 44.1 Å². The van der Waals surface area contributed by atoms with Crippen molar-refractivity contribution in [2.45, 2.75) is 69.3 Å².